The number of carbonyl (C=O) groups is 2. The molecular formula is C13H24N2O3. The van der Waals surface area contributed by atoms with Gasteiger partial charge >= 0.3 is 0 Å². The molecule has 0 bridgehead atoms. The van der Waals surface area contributed by atoms with Crippen molar-refractivity contribution in [3.05, 3.63) is 0 Å². The third kappa shape index (κ3) is 3.98. The molecule has 0 unspecified atom stereocenters. The summed E-state index contributed by atoms with van der Waals surface area (Å²) in [5.41, 5.74) is 0. The van der Waals surface area contributed by atoms with Crippen LogP contribution in [0.4, 0.5) is 0 Å². The third-order valence-corrected chi connectivity index (χ3v) is 3.57. The summed E-state index contributed by atoms with van der Waals surface area (Å²) in [5.74, 6) is 0.307. The van der Waals surface area contributed by atoms with Crippen molar-refractivity contribution in [3.8, 4) is 0 Å². The molecule has 0 aliphatic carbocycles. The van der Waals surface area contributed by atoms with E-state index >= 15 is 0 Å². The number of hydrogen-bond acceptors (Lipinski definition) is 3. The van der Waals surface area contributed by atoms with Gasteiger partial charge in [-0.15, -0.1) is 0 Å². The molecule has 1 saturated heterocycles. The first-order chi connectivity index (χ1) is 8.60. The van der Waals surface area contributed by atoms with Crippen molar-refractivity contribution in [2.75, 3.05) is 32.8 Å². The van der Waals surface area contributed by atoms with Crippen molar-refractivity contribution < 1.29 is 14.7 Å². The van der Waals surface area contributed by atoms with Crippen LogP contribution >= 0.6 is 0 Å². The number of piperidine rings is 1. The van der Waals surface area contributed by atoms with Crippen molar-refractivity contribution in [2.24, 2.45) is 5.92 Å². The van der Waals surface area contributed by atoms with Gasteiger partial charge in [0.05, 0.1) is 0 Å². The highest BCUT2D eigenvalue weighted by Crippen LogP contribution is 2.19. The molecule has 0 aromatic rings. The van der Waals surface area contributed by atoms with Gasteiger partial charge in [-0.05, 0) is 26.2 Å². The lowest BCUT2D eigenvalue weighted by Crippen LogP contribution is -2.44. The fourth-order valence-electron chi connectivity index (χ4n) is 2.39. The summed E-state index contributed by atoms with van der Waals surface area (Å²) < 4.78 is 0. The Bertz CT molecular complexity index is 286. The SMILES string of the molecule is CCN(CCCO)C(=O)C1CCN(C(C)=O)CC1. The number of hydrogen-bond donors (Lipinski definition) is 1. The fourth-order valence-corrected chi connectivity index (χ4v) is 2.39. The second kappa shape index (κ2) is 7.36. The monoisotopic (exact) mass is 256 g/mol. The highest BCUT2D eigenvalue weighted by molar-refractivity contribution is 5.79. The predicted molar refractivity (Wildman–Crippen MR) is 68.9 cm³/mol. The van der Waals surface area contributed by atoms with Crippen LogP contribution < -0.4 is 0 Å². The van der Waals surface area contributed by atoms with E-state index in [4.69, 9.17) is 5.11 Å². The van der Waals surface area contributed by atoms with Crippen molar-refractivity contribution in [3.63, 3.8) is 0 Å². The molecule has 1 heterocycles. The number of likely N-dealkylation sites (tertiary alicyclic amines) is 1. The van der Waals surface area contributed by atoms with Gasteiger partial charge in [0, 0.05) is 45.6 Å². The average molecular weight is 256 g/mol. The maximum Gasteiger partial charge on any atom is 0.225 e. The van der Waals surface area contributed by atoms with E-state index < -0.39 is 0 Å². The van der Waals surface area contributed by atoms with E-state index in [1.165, 1.54) is 0 Å². The van der Waals surface area contributed by atoms with Gasteiger partial charge in [-0.3, -0.25) is 9.59 Å². The zero-order valence-corrected chi connectivity index (χ0v) is 11.4. The van der Waals surface area contributed by atoms with Gasteiger partial charge in [0.1, 0.15) is 0 Å². The van der Waals surface area contributed by atoms with Gasteiger partial charge in [-0.25, -0.2) is 0 Å². The molecule has 0 saturated carbocycles. The summed E-state index contributed by atoms with van der Waals surface area (Å²) in [7, 11) is 0. The Labute approximate surface area is 109 Å². The summed E-state index contributed by atoms with van der Waals surface area (Å²) in [6.45, 7) is 6.32. The highest BCUT2D eigenvalue weighted by Gasteiger charge is 2.28. The zero-order chi connectivity index (χ0) is 13.5. The summed E-state index contributed by atoms with van der Waals surface area (Å²) in [6, 6.07) is 0. The number of carbonyl (C=O) groups excluding carboxylic acids is 2. The first-order valence-electron chi connectivity index (χ1n) is 6.75. The molecular weight excluding hydrogens is 232 g/mol. The molecule has 1 aliphatic rings. The zero-order valence-electron chi connectivity index (χ0n) is 11.4. The standard InChI is InChI=1S/C13H24N2O3/c1-3-14(7-4-10-16)13(18)12-5-8-15(9-6-12)11(2)17/h12,16H,3-10H2,1-2H3. The first kappa shape index (κ1) is 15.0. The van der Waals surface area contributed by atoms with Gasteiger partial charge in [-0.2, -0.15) is 0 Å². The number of aliphatic hydroxyl groups excluding tert-OH is 1. The van der Waals surface area contributed by atoms with Crippen LogP contribution in [0.15, 0.2) is 0 Å². The van der Waals surface area contributed by atoms with Crippen LogP contribution in [0.1, 0.15) is 33.1 Å². The Kier molecular flexibility index (Phi) is 6.12. The molecule has 1 rings (SSSR count). The second-order valence-corrected chi connectivity index (χ2v) is 4.78. The lowest BCUT2D eigenvalue weighted by molar-refractivity contribution is -0.140. The molecule has 2 amide bonds. The fraction of sp³-hybridized carbons (Fsp3) is 0.846. The molecule has 0 aromatic carbocycles. The third-order valence-electron chi connectivity index (χ3n) is 3.57. The Morgan fingerprint density at radius 3 is 2.39 bits per heavy atom. The summed E-state index contributed by atoms with van der Waals surface area (Å²) in [5, 5.41) is 8.82. The van der Waals surface area contributed by atoms with Crippen LogP contribution in [-0.2, 0) is 9.59 Å². The van der Waals surface area contributed by atoms with Crippen molar-refractivity contribution in [1.29, 1.82) is 0 Å². The molecule has 0 spiro atoms. The minimum Gasteiger partial charge on any atom is -0.396 e. The molecule has 1 fully saturated rings. The molecule has 0 atom stereocenters. The van der Waals surface area contributed by atoms with Crippen molar-refractivity contribution in [1.82, 2.24) is 9.80 Å². The molecule has 1 aliphatic heterocycles. The van der Waals surface area contributed by atoms with Gasteiger partial charge in [0.2, 0.25) is 11.8 Å². The van der Waals surface area contributed by atoms with E-state index in [2.05, 4.69) is 0 Å². The molecule has 0 radical (unpaired) electrons. The van der Waals surface area contributed by atoms with Crippen molar-refractivity contribution >= 4 is 11.8 Å². The van der Waals surface area contributed by atoms with E-state index in [0.29, 0.717) is 32.6 Å². The Morgan fingerprint density at radius 2 is 1.94 bits per heavy atom. The number of aliphatic hydroxyl groups is 1. The lowest BCUT2D eigenvalue weighted by atomic mass is 9.95. The van der Waals surface area contributed by atoms with E-state index in [9.17, 15) is 9.59 Å². The Balaban J connectivity index is 2.45. The highest BCUT2D eigenvalue weighted by atomic mass is 16.3. The van der Waals surface area contributed by atoms with Gasteiger partial charge in [-0.1, -0.05) is 0 Å². The van der Waals surface area contributed by atoms with Crippen LogP contribution in [0.5, 0.6) is 0 Å². The van der Waals surface area contributed by atoms with Crippen molar-refractivity contribution in [2.45, 2.75) is 33.1 Å². The molecule has 1 N–H and O–H groups in total. The Morgan fingerprint density at radius 1 is 1.33 bits per heavy atom. The molecule has 5 nitrogen and oxygen atoms in total. The topological polar surface area (TPSA) is 60.9 Å². The van der Waals surface area contributed by atoms with E-state index in [0.717, 1.165) is 12.8 Å². The normalized spacial score (nSPS) is 16.7. The largest absolute Gasteiger partial charge is 0.396 e. The van der Waals surface area contributed by atoms with Crippen LogP contribution in [0.3, 0.4) is 0 Å². The second-order valence-electron chi connectivity index (χ2n) is 4.78. The van der Waals surface area contributed by atoms with E-state index in [1.54, 1.807) is 11.8 Å². The number of nitrogens with zero attached hydrogens (tertiary/aromatic N) is 2. The molecule has 18 heavy (non-hydrogen) atoms. The first-order valence-corrected chi connectivity index (χ1v) is 6.75. The van der Waals surface area contributed by atoms with Crippen LogP contribution in [0, 0.1) is 5.92 Å². The van der Waals surface area contributed by atoms with Gasteiger partial charge in [0.15, 0.2) is 0 Å². The van der Waals surface area contributed by atoms with Crippen LogP contribution in [-0.4, -0.2) is 59.5 Å². The summed E-state index contributed by atoms with van der Waals surface area (Å²) in [4.78, 5) is 27.1. The smallest absolute Gasteiger partial charge is 0.225 e. The van der Waals surface area contributed by atoms with Crippen LogP contribution in [0.25, 0.3) is 0 Å². The lowest BCUT2D eigenvalue weighted by Gasteiger charge is -2.33. The quantitative estimate of drug-likeness (QED) is 0.778. The summed E-state index contributed by atoms with van der Waals surface area (Å²) >= 11 is 0. The van der Waals surface area contributed by atoms with E-state index in [1.807, 2.05) is 11.8 Å². The minimum absolute atomic E-state index is 0.0410. The number of rotatable bonds is 5. The minimum atomic E-state index is 0.0410. The Hall–Kier alpha value is -1.10. The van der Waals surface area contributed by atoms with Gasteiger partial charge in [0.25, 0.3) is 0 Å². The average Bonchev–Trinajstić information content (AvgIpc) is 2.39. The van der Waals surface area contributed by atoms with Gasteiger partial charge < -0.3 is 14.9 Å². The molecule has 104 valence electrons. The maximum absolute atomic E-state index is 12.3. The summed E-state index contributed by atoms with van der Waals surface area (Å²) in [6.07, 6.45) is 2.15. The van der Waals surface area contributed by atoms with E-state index in [-0.39, 0.29) is 24.3 Å². The molecule has 5 heteroatoms. The predicted octanol–water partition coefficient (Wildman–Crippen LogP) is 0.476. The maximum atomic E-state index is 12.3. The van der Waals surface area contributed by atoms with Crippen LogP contribution in [0.2, 0.25) is 0 Å². The molecule has 0 aromatic heterocycles. The number of amides is 2.